The molecular weight excluding hydrogens is 214 g/mol. The van der Waals surface area contributed by atoms with Crippen LogP contribution in [0.15, 0.2) is 42.5 Å². The Bertz CT molecular complexity index is 400. The van der Waals surface area contributed by atoms with E-state index in [0.717, 1.165) is 5.69 Å². The number of carbonyl (C=O) groups is 1. The van der Waals surface area contributed by atoms with Crippen LogP contribution in [0.2, 0.25) is 0 Å². The third-order valence-corrected chi connectivity index (χ3v) is 2.52. The molecule has 1 unspecified atom stereocenters. The summed E-state index contributed by atoms with van der Waals surface area (Å²) < 4.78 is 5.40. The average molecular weight is 233 g/mol. The van der Waals surface area contributed by atoms with Gasteiger partial charge in [0, 0.05) is 17.7 Å². The molecule has 3 nitrogen and oxygen atoms in total. The van der Waals surface area contributed by atoms with Gasteiger partial charge in [-0.2, -0.15) is 0 Å². The molecule has 1 atom stereocenters. The molecule has 1 aromatic carbocycles. The second-order valence-corrected chi connectivity index (χ2v) is 4.25. The van der Waals surface area contributed by atoms with Crippen LogP contribution >= 0.6 is 0 Å². The summed E-state index contributed by atoms with van der Waals surface area (Å²) in [5.74, 6) is -0.377. The third kappa shape index (κ3) is 3.94. The third-order valence-electron chi connectivity index (χ3n) is 2.52. The van der Waals surface area contributed by atoms with Crippen LogP contribution in [0, 0.1) is 0 Å². The highest BCUT2D eigenvalue weighted by Crippen LogP contribution is 2.20. The quantitative estimate of drug-likeness (QED) is 0.481. The highest BCUT2D eigenvalue weighted by atomic mass is 16.6. The number of benzene rings is 1. The van der Waals surface area contributed by atoms with Gasteiger partial charge in [0.15, 0.2) is 5.72 Å². The minimum atomic E-state index is -0.711. The molecule has 1 aromatic rings. The van der Waals surface area contributed by atoms with E-state index in [-0.39, 0.29) is 5.97 Å². The van der Waals surface area contributed by atoms with Gasteiger partial charge in [0.1, 0.15) is 0 Å². The minimum absolute atomic E-state index is 0.377. The number of rotatable bonds is 5. The van der Waals surface area contributed by atoms with Gasteiger partial charge in [-0.05, 0) is 26.0 Å². The Morgan fingerprint density at radius 3 is 2.47 bits per heavy atom. The van der Waals surface area contributed by atoms with Crippen LogP contribution in [0.1, 0.15) is 27.2 Å². The monoisotopic (exact) mass is 233 g/mol. The van der Waals surface area contributed by atoms with E-state index >= 15 is 0 Å². The molecule has 0 aromatic heterocycles. The van der Waals surface area contributed by atoms with Gasteiger partial charge in [-0.1, -0.05) is 31.7 Å². The van der Waals surface area contributed by atoms with Crippen molar-refractivity contribution < 1.29 is 9.53 Å². The van der Waals surface area contributed by atoms with Gasteiger partial charge in [-0.15, -0.1) is 0 Å². The molecule has 0 bridgehead atoms. The largest absolute Gasteiger partial charge is 0.436 e. The van der Waals surface area contributed by atoms with E-state index in [4.69, 9.17) is 4.74 Å². The van der Waals surface area contributed by atoms with Crippen molar-refractivity contribution in [2.75, 3.05) is 5.32 Å². The molecule has 0 aliphatic rings. The summed E-state index contributed by atoms with van der Waals surface area (Å²) in [6, 6.07) is 9.66. The Balaban J connectivity index is 2.75. The smallest absolute Gasteiger partial charge is 0.335 e. The predicted molar refractivity (Wildman–Crippen MR) is 69.7 cm³/mol. The molecule has 0 spiro atoms. The molecule has 17 heavy (non-hydrogen) atoms. The first-order valence-electron chi connectivity index (χ1n) is 5.69. The van der Waals surface area contributed by atoms with E-state index in [1.54, 1.807) is 6.92 Å². The zero-order valence-corrected chi connectivity index (χ0v) is 10.6. The number of hydrogen-bond donors (Lipinski definition) is 1. The van der Waals surface area contributed by atoms with Gasteiger partial charge in [0.25, 0.3) is 0 Å². The number of ether oxygens (including phenoxy) is 1. The number of para-hydroxylation sites is 1. The van der Waals surface area contributed by atoms with Crippen molar-refractivity contribution in [2.24, 2.45) is 0 Å². The maximum atomic E-state index is 11.5. The second-order valence-electron chi connectivity index (χ2n) is 4.25. The lowest BCUT2D eigenvalue weighted by Crippen LogP contribution is -2.39. The number of nitrogens with one attached hydrogen (secondary N) is 1. The zero-order chi connectivity index (χ0) is 12.9. The summed E-state index contributed by atoms with van der Waals surface area (Å²) in [7, 11) is 0. The lowest BCUT2D eigenvalue weighted by atomic mass is 10.1. The van der Waals surface area contributed by atoms with Crippen LogP contribution in [0.4, 0.5) is 5.69 Å². The fourth-order valence-corrected chi connectivity index (χ4v) is 1.30. The molecule has 1 rings (SSSR count). The van der Waals surface area contributed by atoms with E-state index in [1.807, 2.05) is 44.2 Å². The SMILES string of the molecule is C=C(C)C(=O)OC(C)(CC)Nc1ccccc1. The number of carbonyl (C=O) groups excluding carboxylic acids is 1. The van der Waals surface area contributed by atoms with Crippen LogP contribution < -0.4 is 5.32 Å². The Kier molecular flexibility index (Phi) is 4.32. The molecule has 0 amide bonds. The lowest BCUT2D eigenvalue weighted by Gasteiger charge is -2.30. The summed E-state index contributed by atoms with van der Waals surface area (Å²) in [6.07, 6.45) is 0.668. The summed E-state index contributed by atoms with van der Waals surface area (Å²) >= 11 is 0. The molecular formula is C14H19NO2. The molecule has 92 valence electrons. The fraction of sp³-hybridized carbons (Fsp3) is 0.357. The Labute approximate surface area is 102 Å². The highest BCUT2D eigenvalue weighted by molar-refractivity contribution is 5.87. The second kappa shape index (κ2) is 5.53. The molecule has 0 saturated heterocycles. The predicted octanol–water partition coefficient (Wildman–Crippen LogP) is 3.34. The van der Waals surface area contributed by atoms with Gasteiger partial charge < -0.3 is 10.1 Å². The lowest BCUT2D eigenvalue weighted by molar-refractivity contribution is -0.150. The van der Waals surface area contributed by atoms with Crippen molar-refractivity contribution in [3.8, 4) is 0 Å². The molecule has 1 N–H and O–H groups in total. The summed E-state index contributed by atoms with van der Waals surface area (Å²) in [6.45, 7) is 9.03. The Morgan fingerprint density at radius 2 is 2.00 bits per heavy atom. The number of hydrogen-bond acceptors (Lipinski definition) is 3. The maximum absolute atomic E-state index is 11.5. The van der Waals surface area contributed by atoms with Crippen LogP contribution in [-0.2, 0) is 9.53 Å². The van der Waals surface area contributed by atoms with Gasteiger partial charge >= 0.3 is 5.97 Å². The first-order valence-corrected chi connectivity index (χ1v) is 5.69. The molecule has 3 heteroatoms. The molecule has 0 radical (unpaired) electrons. The molecule has 0 heterocycles. The van der Waals surface area contributed by atoms with Crippen molar-refractivity contribution in [3.63, 3.8) is 0 Å². The zero-order valence-electron chi connectivity index (χ0n) is 10.6. The summed E-state index contributed by atoms with van der Waals surface area (Å²) in [4.78, 5) is 11.5. The van der Waals surface area contributed by atoms with E-state index in [9.17, 15) is 4.79 Å². The van der Waals surface area contributed by atoms with Gasteiger partial charge in [-0.25, -0.2) is 4.79 Å². The Hall–Kier alpha value is -1.77. The summed E-state index contributed by atoms with van der Waals surface area (Å²) in [5, 5.41) is 3.21. The Morgan fingerprint density at radius 1 is 1.41 bits per heavy atom. The number of esters is 1. The van der Waals surface area contributed by atoms with Crippen molar-refractivity contribution in [1.29, 1.82) is 0 Å². The fourth-order valence-electron chi connectivity index (χ4n) is 1.30. The molecule has 0 aliphatic carbocycles. The average Bonchev–Trinajstić information content (AvgIpc) is 2.30. The van der Waals surface area contributed by atoms with Crippen LogP contribution in [-0.4, -0.2) is 11.7 Å². The molecule has 0 fully saturated rings. The van der Waals surface area contributed by atoms with Gasteiger partial charge in [-0.3, -0.25) is 0 Å². The van der Waals surface area contributed by atoms with Gasteiger partial charge in [0.05, 0.1) is 0 Å². The normalized spacial score (nSPS) is 13.6. The highest BCUT2D eigenvalue weighted by Gasteiger charge is 2.26. The van der Waals surface area contributed by atoms with Gasteiger partial charge in [0.2, 0.25) is 0 Å². The van der Waals surface area contributed by atoms with E-state index < -0.39 is 5.72 Å². The van der Waals surface area contributed by atoms with E-state index in [1.165, 1.54) is 0 Å². The minimum Gasteiger partial charge on any atom is -0.436 e. The van der Waals surface area contributed by atoms with Crippen molar-refractivity contribution in [2.45, 2.75) is 32.9 Å². The van der Waals surface area contributed by atoms with Crippen molar-refractivity contribution in [3.05, 3.63) is 42.5 Å². The van der Waals surface area contributed by atoms with Crippen molar-refractivity contribution in [1.82, 2.24) is 0 Å². The van der Waals surface area contributed by atoms with Crippen molar-refractivity contribution >= 4 is 11.7 Å². The first kappa shape index (κ1) is 13.3. The first-order chi connectivity index (χ1) is 7.97. The van der Waals surface area contributed by atoms with Crippen LogP contribution in [0.25, 0.3) is 0 Å². The van der Waals surface area contributed by atoms with E-state index in [0.29, 0.717) is 12.0 Å². The maximum Gasteiger partial charge on any atom is 0.335 e. The van der Waals surface area contributed by atoms with Crippen LogP contribution in [0.3, 0.4) is 0 Å². The topological polar surface area (TPSA) is 38.3 Å². The number of anilines is 1. The molecule has 0 aliphatic heterocycles. The summed E-state index contributed by atoms with van der Waals surface area (Å²) in [5.41, 5.74) is 0.614. The molecule has 0 saturated carbocycles. The van der Waals surface area contributed by atoms with Crippen LogP contribution in [0.5, 0.6) is 0 Å². The standard InChI is InChI=1S/C14H19NO2/c1-5-14(4,17-13(16)11(2)3)15-12-9-7-6-8-10-12/h6-10,15H,2,5H2,1,3-4H3. The van der Waals surface area contributed by atoms with E-state index in [2.05, 4.69) is 11.9 Å².